The maximum atomic E-state index is 14.4. The quantitative estimate of drug-likeness (QED) is 0.222. The summed E-state index contributed by atoms with van der Waals surface area (Å²) < 4.78 is 205. The van der Waals surface area contributed by atoms with Gasteiger partial charge in [-0.25, -0.2) is 0 Å². The van der Waals surface area contributed by atoms with Gasteiger partial charge in [-0.3, -0.25) is 0 Å². The van der Waals surface area contributed by atoms with E-state index in [0.29, 0.717) is 13.8 Å². The van der Waals surface area contributed by atoms with Gasteiger partial charge in [0.25, 0.3) is 11.2 Å². The molecule has 0 aliphatic rings. The molecule has 0 aromatic heterocycles. The molecule has 41 heavy (non-hydrogen) atoms. The molecule has 0 spiro atoms. The number of rotatable bonds is 4. The van der Waals surface area contributed by atoms with Crippen LogP contribution in [-0.4, -0.2) is 41.1 Å². The smallest absolute Gasteiger partial charge is 0.398 e. The van der Waals surface area contributed by atoms with Gasteiger partial charge in [-0.15, -0.1) is 0 Å². The number of hydrogen-bond donors (Lipinski definition) is 4. The summed E-state index contributed by atoms with van der Waals surface area (Å²) in [5.74, 6) is -3.52. The summed E-state index contributed by atoms with van der Waals surface area (Å²) in [5, 5.41) is 19.4. The molecule has 6 N–H and O–H groups in total. The molecule has 232 valence electrons. The first-order chi connectivity index (χ1) is 17.9. The van der Waals surface area contributed by atoms with Crippen molar-refractivity contribution in [1.82, 2.24) is 0 Å². The molecule has 0 atom stereocenters. The summed E-state index contributed by atoms with van der Waals surface area (Å²) in [6.45, 7) is 1.37. The van der Waals surface area contributed by atoms with Gasteiger partial charge >= 0.3 is 30.9 Å². The summed E-state index contributed by atoms with van der Waals surface area (Å²) in [5.41, 5.74) is -13.7. The minimum Gasteiger partial charge on any atom is -0.398 e. The molecule has 0 fully saturated rings. The van der Waals surface area contributed by atoms with Gasteiger partial charge in [0.15, 0.2) is 0 Å². The minimum absolute atomic E-state index is 0.168. The Morgan fingerprint density at radius 1 is 0.512 bits per heavy atom. The van der Waals surface area contributed by atoms with Crippen LogP contribution in [-0.2, 0) is 11.2 Å². The molecule has 0 aliphatic heterocycles. The van der Waals surface area contributed by atoms with Crippen LogP contribution in [0.4, 0.5) is 77.2 Å². The van der Waals surface area contributed by atoms with Crippen molar-refractivity contribution in [3.8, 4) is 0 Å². The van der Waals surface area contributed by atoms with E-state index in [1.807, 2.05) is 0 Å². The van der Waals surface area contributed by atoms with E-state index < -0.39 is 105 Å². The van der Waals surface area contributed by atoms with Crippen molar-refractivity contribution in [1.29, 1.82) is 0 Å². The fourth-order valence-corrected chi connectivity index (χ4v) is 4.20. The minimum atomic E-state index is -6.63. The third kappa shape index (κ3) is 5.44. The van der Waals surface area contributed by atoms with E-state index in [-0.39, 0.29) is 12.1 Å². The highest BCUT2D eigenvalue weighted by atomic mass is 19.4. The first-order valence-corrected chi connectivity index (χ1v) is 10.5. The number of aliphatic hydroxyl groups is 2. The zero-order chi connectivity index (χ0) is 32.5. The first kappa shape index (κ1) is 34.1. The molecule has 19 heteroatoms. The number of alkyl halides is 15. The summed E-state index contributed by atoms with van der Waals surface area (Å²) >= 11 is 0. The lowest BCUT2D eigenvalue weighted by atomic mass is 9.79. The second-order valence-corrected chi connectivity index (χ2v) is 8.98. The lowest BCUT2D eigenvalue weighted by molar-refractivity contribution is -0.376. The molecule has 0 unspecified atom stereocenters. The van der Waals surface area contributed by atoms with Crippen molar-refractivity contribution in [2.45, 2.75) is 61.8 Å². The van der Waals surface area contributed by atoms with Crippen molar-refractivity contribution < 1.29 is 76.1 Å². The second kappa shape index (κ2) is 9.74. The number of aryl methyl sites for hydroxylation is 2. The summed E-state index contributed by atoms with van der Waals surface area (Å²) in [6.07, 6.45) is -32.3. The SMILES string of the molecule is Cc1cc(N)c(C(O)(C(F)(F)F)C(F)(F)F)cc1C(c1cc(C(O)(C(F)(F)F)C(F)(F)F)c(N)cc1C)C(F)(F)F. The van der Waals surface area contributed by atoms with E-state index in [1.54, 1.807) is 0 Å². The normalized spacial score (nSPS) is 14.6. The lowest BCUT2D eigenvalue weighted by Gasteiger charge is -2.36. The predicted molar refractivity (Wildman–Crippen MR) is 111 cm³/mol. The zero-order valence-electron chi connectivity index (χ0n) is 20.1. The fraction of sp³-hybridized carbons (Fsp3) is 0.455. The number of hydrogen-bond acceptors (Lipinski definition) is 4. The van der Waals surface area contributed by atoms with E-state index >= 15 is 0 Å². The van der Waals surface area contributed by atoms with Crippen molar-refractivity contribution in [2.24, 2.45) is 0 Å². The number of halogens is 15. The van der Waals surface area contributed by atoms with Crippen LogP contribution in [0.25, 0.3) is 0 Å². The molecule has 2 rings (SSSR count). The van der Waals surface area contributed by atoms with Gasteiger partial charge in [0.05, 0.1) is 0 Å². The predicted octanol–water partition coefficient (Wildman–Crippen LogP) is 6.79. The highest BCUT2D eigenvalue weighted by Gasteiger charge is 2.73. The van der Waals surface area contributed by atoms with Gasteiger partial charge in [0.2, 0.25) is 0 Å². The van der Waals surface area contributed by atoms with Gasteiger partial charge in [0.1, 0.15) is 5.92 Å². The van der Waals surface area contributed by atoms with E-state index in [2.05, 4.69) is 0 Å². The Kier molecular flexibility index (Phi) is 8.10. The van der Waals surface area contributed by atoms with Crippen molar-refractivity contribution in [3.05, 3.63) is 57.6 Å². The Balaban J connectivity index is 3.11. The Morgan fingerprint density at radius 2 is 0.756 bits per heavy atom. The molecule has 0 amide bonds. The average molecular weight is 626 g/mol. The van der Waals surface area contributed by atoms with Crippen molar-refractivity contribution in [2.75, 3.05) is 11.5 Å². The molecular formula is C22H17F15N2O2. The fourth-order valence-electron chi connectivity index (χ4n) is 4.20. The Hall–Kier alpha value is -3.09. The van der Waals surface area contributed by atoms with Gasteiger partial charge in [0, 0.05) is 22.5 Å². The molecule has 2 aromatic rings. The molecule has 0 bridgehead atoms. The van der Waals surface area contributed by atoms with Crippen molar-refractivity contribution >= 4 is 11.4 Å². The summed E-state index contributed by atoms with van der Waals surface area (Å²) in [6, 6.07) is -0.555. The lowest BCUT2D eigenvalue weighted by Crippen LogP contribution is -2.54. The molecule has 0 aliphatic carbocycles. The third-order valence-corrected chi connectivity index (χ3v) is 6.25. The van der Waals surface area contributed by atoms with E-state index in [9.17, 15) is 76.1 Å². The maximum Gasteiger partial charge on any atom is 0.430 e. The van der Waals surface area contributed by atoms with E-state index in [1.165, 1.54) is 0 Å². The van der Waals surface area contributed by atoms with E-state index in [0.717, 1.165) is 0 Å². The standard InChI is InChI=1S/C22H17F15N2O2/c1-7-3-13(38)11(16(40,19(26,27)28)20(29,30)31)5-9(7)15(18(23,24)25)10-6-12(14(39)4-8(10)2)17(41,21(32,33)34)22(35,36)37/h3-6,15,40-41H,38-39H2,1-2H3. The molecule has 4 nitrogen and oxygen atoms in total. The Morgan fingerprint density at radius 3 is 0.951 bits per heavy atom. The van der Waals surface area contributed by atoms with Crippen LogP contribution in [0, 0.1) is 13.8 Å². The Labute approximate surface area is 219 Å². The monoisotopic (exact) mass is 626 g/mol. The zero-order valence-corrected chi connectivity index (χ0v) is 20.1. The van der Waals surface area contributed by atoms with Crippen LogP contribution in [0.3, 0.4) is 0 Å². The summed E-state index contributed by atoms with van der Waals surface area (Å²) in [7, 11) is 0. The van der Waals surface area contributed by atoms with Crippen LogP contribution in [0.15, 0.2) is 24.3 Å². The average Bonchev–Trinajstić information content (AvgIpc) is 2.71. The summed E-state index contributed by atoms with van der Waals surface area (Å²) in [4.78, 5) is 0. The molecule has 0 saturated carbocycles. The topological polar surface area (TPSA) is 92.5 Å². The van der Waals surface area contributed by atoms with Crippen LogP contribution in [0.2, 0.25) is 0 Å². The Bertz CT molecular complexity index is 1180. The van der Waals surface area contributed by atoms with Gasteiger partial charge in [-0.1, -0.05) is 0 Å². The van der Waals surface area contributed by atoms with Crippen LogP contribution < -0.4 is 11.5 Å². The largest absolute Gasteiger partial charge is 0.430 e. The highest BCUT2D eigenvalue weighted by Crippen LogP contribution is 2.55. The van der Waals surface area contributed by atoms with Gasteiger partial charge < -0.3 is 21.7 Å². The maximum absolute atomic E-state index is 14.4. The number of anilines is 2. The van der Waals surface area contributed by atoms with E-state index in [4.69, 9.17) is 11.5 Å². The van der Waals surface area contributed by atoms with Crippen LogP contribution >= 0.6 is 0 Å². The molecular weight excluding hydrogens is 609 g/mol. The van der Waals surface area contributed by atoms with Crippen molar-refractivity contribution in [3.63, 3.8) is 0 Å². The highest BCUT2D eigenvalue weighted by molar-refractivity contribution is 5.61. The first-order valence-electron chi connectivity index (χ1n) is 10.5. The number of benzene rings is 2. The molecule has 0 radical (unpaired) electrons. The number of nitrogens with two attached hydrogens (primary N) is 2. The third-order valence-electron chi connectivity index (χ3n) is 6.25. The van der Waals surface area contributed by atoms with Crippen LogP contribution in [0.5, 0.6) is 0 Å². The molecule has 2 aromatic carbocycles. The molecule has 0 heterocycles. The van der Waals surface area contributed by atoms with Gasteiger partial charge in [-0.05, 0) is 60.4 Å². The number of nitrogen functional groups attached to an aromatic ring is 2. The second-order valence-electron chi connectivity index (χ2n) is 8.98. The molecule has 0 saturated heterocycles. The van der Waals surface area contributed by atoms with Gasteiger partial charge in [-0.2, -0.15) is 65.9 Å². The van der Waals surface area contributed by atoms with Crippen LogP contribution in [0.1, 0.15) is 39.3 Å².